The van der Waals surface area contributed by atoms with Gasteiger partial charge < -0.3 is 0 Å². The van der Waals surface area contributed by atoms with E-state index in [0.29, 0.717) is 5.56 Å². The first-order valence-electron chi connectivity index (χ1n) is 6.69. The zero-order valence-electron chi connectivity index (χ0n) is 12.2. The molecule has 4 nitrogen and oxygen atoms in total. The second-order valence-corrected chi connectivity index (χ2v) is 4.95. The fraction of sp³-hybridized carbons (Fsp3) is 0.188. The highest BCUT2D eigenvalue weighted by Gasteiger charge is 2.36. The Morgan fingerprint density at radius 1 is 1.09 bits per heavy atom. The van der Waals surface area contributed by atoms with Crippen LogP contribution in [0, 0.1) is 17.0 Å². The van der Waals surface area contributed by atoms with Gasteiger partial charge in [-0.2, -0.15) is 13.2 Å². The summed E-state index contributed by atoms with van der Waals surface area (Å²) in [6.07, 6.45) is -4.57. The predicted molar refractivity (Wildman–Crippen MR) is 80.6 cm³/mol. The molecule has 0 aliphatic carbocycles. The van der Waals surface area contributed by atoms with E-state index in [-0.39, 0.29) is 17.8 Å². The normalized spacial score (nSPS) is 12.3. The number of alkyl halides is 3. The highest BCUT2D eigenvalue weighted by molar-refractivity contribution is 6.04. The third kappa shape index (κ3) is 4.38. The smallest absolute Gasteiger partial charge is 0.275 e. The molecular weight excluding hydrogens is 309 g/mol. The first-order chi connectivity index (χ1) is 10.8. The summed E-state index contributed by atoms with van der Waals surface area (Å²) in [5.41, 5.74) is 0.225. The molecule has 0 radical (unpaired) electrons. The second kappa shape index (κ2) is 6.60. The van der Waals surface area contributed by atoms with Crippen molar-refractivity contribution in [2.45, 2.75) is 19.6 Å². The van der Waals surface area contributed by atoms with Gasteiger partial charge in [-0.05, 0) is 12.5 Å². The molecule has 0 bridgehead atoms. The number of nitro benzene ring substituents is 1. The molecule has 0 aromatic heterocycles. The van der Waals surface area contributed by atoms with Gasteiger partial charge >= 0.3 is 6.18 Å². The topological polar surface area (TPSA) is 55.5 Å². The molecule has 0 atom stereocenters. The quantitative estimate of drug-likeness (QED) is 0.474. The van der Waals surface area contributed by atoms with E-state index < -0.39 is 16.8 Å². The Hall–Kier alpha value is -2.70. The van der Waals surface area contributed by atoms with Crippen LogP contribution in [0.15, 0.2) is 53.5 Å². The van der Waals surface area contributed by atoms with Gasteiger partial charge in [-0.15, -0.1) is 0 Å². The van der Waals surface area contributed by atoms with Crippen LogP contribution in [0.25, 0.3) is 0 Å². The van der Waals surface area contributed by atoms with E-state index in [9.17, 15) is 23.3 Å². The van der Waals surface area contributed by atoms with Crippen molar-refractivity contribution in [2.75, 3.05) is 0 Å². The first-order valence-corrected chi connectivity index (χ1v) is 6.69. The summed E-state index contributed by atoms with van der Waals surface area (Å²) in [6, 6.07) is 11.2. The summed E-state index contributed by atoms with van der Waals surface area (Å²) in [5.74, 6) is 0. The van der Waals surface area contributed by atoms with Crippen molar-refractivity contribution in [3.8, 4) is 0 Å². The molecule has 0 aliphatic rings. The van der Waals surface area contributed by atoms with E-state index in [1.807, 2.05) is 0 Å². The number of hydrogen-bond donors (Lipinski definition) is 0. The molecule has 0 amide bonds. The maximum absolute atomic E-state index is 13.2. The van der Waals surface area contributed by atoms with E-state index >= 15 is 0 Å². The van der Waals surface area contributed by atoms with Gasteiger partial charge in [0.1, 0.15) is 5.71 Å². The number of non-ortho nitro benzene ring substituents is 1. The first kappa shape index (κ1) is 16.7. The van der Waals surface area contributed by atoms with Crippen molar-refractivity contribution in [2.24, 2.45) is 4.99 Å². The van der Waals surface area contributed by atoms with Gasteiger partial charge in [0.25, 0.3) is 5.69 Å². The molecule has 120 valence electrons. The summed E-state index contributed by atoms with van der Waals surface area (Å²) >= 11 is 0. The Bertz CT molecular complexity index is 720. The van der Waals surface area contributed by atoms with E-state index in [2.05, 4.69) is 4.99 Å². The number of aryl methyl sites for hydroxylation is 1. The standard InChI is InChI=1S/C16H13F3N2O2/c1-11-2-6-13(7-3-11)15(16(17,18)19)20-10-12-4-8-14(9-5-12)21(22)23/h2-9H,10H2,1H3/b20-15+. The molecule has 0 saturated carbocycles. The summed E-state index contributed by atoms with van der Waals surface area (Å²) < 4.78 is 39.5. The minimum atomic E-state index is -4.57. The Kier molecular flexibility index (Phi) is 4.78. The van der Waals surface area contributed by atoms with Gasteiger partial charge in [0.05, 0.1) is 11.5 Å². The molecule has 2 rings (SSSR count). The third-order valence-corrected chi connectivity index (χ3v) is 3.16. The predicted octanol–water partition coefficient (Wildman–Crippen LogP) is 4.45. The van der Waals surface area contributed by atoms with Gasteiger partial charge in [-0.25, -0.2) is 0 Å². The molecular formula is C16H13F3N2O2. The second-order valence-electron chi connectivity index (χ2n) is 4.95. The fourth-order valence-electron chi connectivity index (χ4n) is 1.95. The summed E-state index contributed by atoms with van der Waals surface area (Å²) in [6.45, 7) is 1.58. The number of halogens is 3. The summed E-state index contributed by atoms with van der Waals surface area (Å²) in [7, 11) is 0. The Labute approximate surface area is 130 Å². The molecule has 23 heavy (non-hydrogen) atoms. The monoisotopic (exact) mass is 322 g/mol. The van der Waals surface area contributed by atoms with E-state index in [4.69, 9.17) is 0 Å². The number of hydrogen-bond acceptors (Lipinski definition) is 3. The molecule has 0 fully saturated rings. The number of nitro groups is 1. The zero-order valence-corrected chi connectivity index (χ0v) is 12.2. The molecule has 7 heteroatoms. The number of nitrogens with zero attached hydrogens (tertiary/aromatic N) is 2. The molecule has 0 aliphatic heterocycles. The highest BCUT2D eigenvalue weighted by Crippen LogP contribution is 2.24. The van der Waals surface area contributed by atoms with Gasteiger partial charge in [0.15, 0.2) is 0 Å². The van der Waals surface area contributed by atoms with Crippen molar-refractivity contribution in [3.63, 3.8) is 0 Å². The van der Waals surface area contributed by atoms with Gasteiger partial charge in [0.2, 0.25) is 0 Å². The highest BCUT2D eigenvalue weighted by atomic mass is 19.4. The van der Waals surface area contributed by atoms with Crippen molar-refractivity contribution in [1.82, 2.24) is 0 Å². The maximum Gasteiger partial charge on any atom is 0.433 e. The lowest BCUT2D eigenvalue weighted by molar-refractivity contribution is -0.384. The Balaban J connectivity index is 2.27. The lowest BCUT2D eigenvalue weighted by atomic mass is 10.1. The largest absolute Gasteiger partial charge is 0.433 e. The average molecular weight is 322 g/mol. The van der Waals surface area contributed by atoms with Gasteiger partial charge in [-0.3, -0.25) is 15.1 Å². The molecule has 0 unspecified atom stereocenters. The molecule has 0 spiro atoms. The molecule has 0 heterocycles. The van der Waals surface area contributed by atoms with Crippen LogP contribution < -0.4 is 0 Å². The number of aliphatic imine (C=N–C) groups is 1. The van der Waals surface area contributed by atoms with Crippen LogP contribution in [-0.2, 0) is 6.54 Å². The van der Waals surface area contributed by atoms with Crippen LogP contribution in [0.3, 0.4) is 0 Å². The average Bonchev–Trinajstić information content (AvgIpc) is 2.48. The van der Waals surface area contributed by atoms with Gasteiger partial charge in [0, 0.05) is 17.7 Å². The number of rotatable bonds is 4. The zero-order chi connectivity index (χ0) is 17.0. The van der Waals surface area contributed by atoms with Crippen LogP contribution >= 0.6 is 0 Å². The van der Waals surface area contributed by atoms with Crippen LogP contribution in [0.5, 0.6) is 0 Å². The van der Waals surface area contributed by atoms with Crippen molar-refractivity contribution >= 4 is 11.4 Å². The van der Waals surface area contributed by atoms with Crippen molar-refractivity contribution < 1.29 is 18.1 Å². The molecule has 2 aromatic carbocycles. The molecule has 0 saturated heterocycles. The third-order valence-electron chi connectivity index (χ3n) is 3.16. The minimum absolute atomic E-state index is 0.00925. The lowest BCUT2D eigenvalue weighted by Gasteiger charge is -2.11. The van der Waals surface area contributed by atoms with Crippen LogP contribution in [0.4, 0.5) is 18.9 Å². The number of benzene rings is 2. The Morgan fingerprint density at radius 2 is 1.65 bits per heavy atom. The van der Waals surface area contributed by atoms with Crippen LogP contribution in [0.1, 0.15) is 16.7 Å². The molecule has 2 aromatic rings. The summed E-state index contributed by atoms with van der Waals surface area (Å²) in [5, 5.41) is 10.6. The summed E-state index contributed by atoms with van der Waals surface area (Å²) in [4.78, 5) is 13.6. The van der Waals surface area contributed by atoms with Crippen molar-refractivity contribution in [3.05, 3.63) is 75.3 Å². The van der Waals surface area contributed by atoms with Gasteiger partial charge in [-0.1, -0.05) is 42.0 Å². The van der Waals surface area contributed by atoms with Crippen LogP contribution in [-0.4, -0.2) is 16.8 Å². The van der Waals surface area contributed by atoms with E-state index in [0.717, 1.165) is 5.56 Å². The lowest BCUT2D eigenvalue weighted by Crippen LogP contribution is -2.24. The van der Waals surface area contributed by atoms with E-state index in [1.165, 1.54) is 36.4 Å². The maximum atomic E-state index is 13.2. The minimum Gasteiger partial charge on any atom is -0.275 e. The van der Waals surface area contributed by atoms with Crippen molar-refractivity contribution in [1.29, 1.82) is 0 Å². The van der Waals surface area contributed by atoms with E-state index in [1.54, 1.807) is 19.1 Å². The molecule has 0 N–H and O–H groups in total. The SMILES string of the molecule is Cc1ccc(/C(=N\Cc2ccc([N+](=O)[O-])cc2)C(F)(F)F)cc1. The fourth-order valence-corrected chi connectivity index (χ4v) is 1.95. The Morgan fingerprint density at radius 3 is 2.13 bits per heavy atom. The van der Waals surface area contributed by atoms with Crippen LogP contribution in [0.2, 0.25) is 0 Å².